The molecule has 7 nitrogen and oxygen atoms in total. The van der Waals surface area contributed by atoms with Crippen molar-refractivity contribution in [1.29, 1.82) is 0 Å². The molecule has 0 unspecified atom stereocenters. The Morgan fingerprint density at radius 3 is 2.83 bits per heavy atom. The summed E-state index contributed by atoms with van der Waals surface area (Å²) >= 11 is 5.95. The first-order valence-electron chi connectivity index (χ1n) is 7.00. The first kappa shape index (κ1) is 15.4. The SMILES string of the molecule is Cn1nc(CCCC(=O)O)c(=O)c2nc3cc(Cl)ccc3nc21. The van der Waals surface area contributed by atoms with Crippen LogP contribution in [0.25, 0.3) is 22.2 Å². The van der Waals surface area contributed by atoms with Crippen LogP contribution in [0.4, 0.5) is 0 Å². The molecule has 0 saturated carbocycles. The van der Waals surface area contributed by atoms with Gasteiger partial charge in [-0.2, -0.15) is 5.10 Å². The van der Waals surface area contributed by atoms with Gasteiger partial charge in [-0.05, 0) is 31.0 Å². The summed E-state index contributed by atoms with van der Waals surface area (Å²) in [5.74, 6) is -0.900. The van der Waals surface area contributed by atoms with E-state index in [9.17, 15) is 9.59 Å². The average molecular weight is 333 g/mol. The molecule has 2 heterocycles. The number of fused-ring (bicyclic) bond motifs is 2. The third-order valence-electron chi connectivity index (χ3n) is 3.47. The fourth-order valence-corrected chi connectivity index (χ4v) is 2.54. The normalized spacial score (nSPS) is 11.2. The molecular formula is C15H13ClN4O3. The molecule has 2 aromatic heterocycles. The Labute approximate surface area is 135 Å². The lowest BCUT2D eigenvalue weighted by molar-refractivity contribution is -0.137. The Morgan fingerprint density at radius 2 is 2.09 bits per heavy atom. The molecule has 0 aliphatic carbocycles. The third-order valence-corrected chi connectivity index (χ3v) is 3.70. The van der Waals surface area contributed by atoms with E-state index < -0.39 is 5.97 Å². The van der Waals surface area contributed by atoms with Gasteiger partial charge >= 0.3 is 5.97 Å². The van der Waals surface area contributed by atoms with E-state index in [2.05, 4.69) is 15.1 Å². The van der Waals surface area contributed by atoms with Crippen LogP contribution in [0.15, 0.2) is 23.0 Å². The lowest BCUT2D eigenvalue weighted by atomic mass is 10.1. The highest BCUT2D eigenvalue weighted by molar-refractivity contribution is 6.31. The number of nitrogens with zero attached hydrogens (tertiary/aromatic N) is 4. The number of hydrogen-bond donors (Lipinski definition) is 1. The van der Waals surface area contributed by atoms with Crippen LogP contribution in [0.1, 0.15) is 18.5 Å². The predicted octanol–water partition coefficient (Wildman–Crippen LogP) is 1.94. The monoisotopic (exact) mass is 332 g/mol. The van der Waals surface area contributed by atoms with Crippen molar-refractivity contribution in [2.24, 2.45) is 7.05 Å². The van der Waals surface area contributed by atoms with Crippen LogP contribution in [-0.4, -0.2) is 30.8 Å². The number of aryl methyl sites for hydroxylation is 2. The number of carboxylic acid groups (broad SMARTS) is 1. The maximum Gasteiger partial charge on any atom is 0.303 e. The summed E-state index contributed by atoms with van der Waals surface area (Å²) in [5, 5.41) is 13.4. The number of aliphatic carboxylic acids is 1. The van der Waals surface area contributed by atoms with Crippen molar-refractivity contribution in [2.45, 2.75) is 19.3 Å². The summed E-state index contributed by atoms with van der Waals surface area (Å²) < 4.78 is 1.49. The van der Waals surface area contributed by atoms with E-state index in [-0.39, 0.29) is 29.5 Å². The van der Waals surface area contributed by atoms with E-state index in [4.69, 9.17) is 16.7 Å². The van der Waals surface area contributed by atoms with Gasteiger partial charge in [0.15, 0.2) is 11.2 Å². The second kappa shape index (κ2) is 5.92. The lowest BCUT2D eigenvalue weighted by Gasteiger charge is -2.07. The van der Waals surface area contributed by atoms with E-state index >= 15 is 0 Å². The molecule has 0 atom stereocenters. The van der Waals surface area contributed by atoms with Crippen molar-refractivity contribution in [3.8, 4) is 0 Å². The Bertz CT molecular complexity index is 984. The average Bonchev–Trinajstić information content (AvgIpc) is 2.50. The van der Waals surface area contributed by atoms with E-state index in [0.29, 0.717) is 28.1 Å². The molecule has 0 aliphatic heterocycles. The van der Waals surface area contributed by atoms with E-state index in [1.54, 1.807) is 25.2 Å². The molecule has 1 N–H and O–H groups in total. The molecule has 118 valence electrons. The van der Waals surface area contributed by atoms with Crippen LogP contribution >= 0.6 is 11.6 Å². The van der Waals surface area contributed by atoms with Crippen molar-refractivity contribution < 1.29 is 9.90 Å². The smallest absolute Gasteiger partial charge is 0.303 e. The van der Waals surface area contributed by atoms with Gasteiger partial charge < -0.3 is 5.11 Å². The van der Waals surface area contributed by atoms with Gasteiger partial charge in [0.1, 0.15) is 5.69 Å². The van der Waals surface area contributed by atoms with E-state index in [1.807, 2.05) is 0 Å². The summed E-state index contributed by atoms with van der Waals surface area (Å²) in [4.78, 5) is 31.9. The third kappa shape index (κ3) is 3.00. The summed E-state index contributed by atoms with van der Waals surface area (Å²) in [6.07, 6.45) is 0.613. The van der Waals surface area contributed by atoms with Gasteiger partial charge in [-0.15, -0.1) is 0 Å². The van der Waals surface area contributed by atoms with Crippen LogP contribution in [0.3, 0.4) is 0 Å². The van der Waals surface area contributed by atoms with Crippen LogP contribution in [0.5, 0.6) is 0 Å². The zero-order valence-corrected chi connectivity index (χ0v) is 13.0. The minimum Gasteiger partial charge on any atom is -0.481 e. The molecule has 0 radical (unpaired) electrons. The first-order valence-corrected chi connectivity index (χ1v) is 7.38. The van der Waals surface area contributed by atoms with Gasteiger partial charge in [0.2, 0.25) is 5.43 Å². The van der Waals surface area contributed by atoms with Crippen LogP contribution < -0.4 is 5.43 Å². The number of aromatic nitrogens is 4. The second-order valence-electron chi connectivity index (χ2n) is 5.18. The molecule has 8 heteroatoms. The fourth-order valence-electron chi connectivity index (χ4n) is 2.38. The molecular weight excluding hydrogens is 320 g/mol. The Balaban J connectivity index is 2.14. The highest BCUT2D eigenvalue weighted by atomic mass is 35.5. The Morgan fingerprint density at radius 1 is 1.30 bits per heavy atom. The molecule has 0 bridgehead atoms. The van der Waals surface area contributed by atoms with Crippen molar-refractivity contribution in [2.75, 3.05) is 0 Å². The van der Waals surface area contributed by atoms with Crippen molar-refractivity contribution in [3.63, 3.8) is 0 Å². The van der Waals surface area contributed by atoms with Gasteiger partial charge in [-0.3, -0.25) is 9.59 Å². The van der Waals surface area contributed by atoms with E-state index in [0.717, 1.165) is 0 Å². The highest BCUT2D eigenvalue weighted by Crippen LogP contribution is 2.18. The number of benzene rings is 1. The zero-order valence-electron chi connectivity index (χ0n) is 12.3. The summed E-state index contributed by atoms with van der Waals surface area (Å²) in [5.41, 5.74) is 1.71. The predicted molar refractivity (Wildman–Crippen MR) is 85.7 cm³/mol. The van der Waals surface area contributed by atoms with Crippen molar-refractivity contribution in [1.82, 2.24) is 19.7 Å². The molecule has 0 spiro atoms. The Hall–Kier alpha value is -2.54. The van der Waals surface area contributed by atoms with E-state index in [1.165, 1.54) is 4.68 Å². The molecule has 0 fully saturated rings. The standard InChI is InChI=1S/C15H13ClN4O3/c1-20-15-13(14(23)10(19-20)3-2-4-12(21)22)17-11-7-8(16)5-6-9(11)18-15/h5-7H,2-4H2,1H3,(H,21,22). The maximum atomic E-state index is 12.5. The minimum atomic E-state index is -0.900. The number of rotatable bonds is 4. The maximum absolute atomic E-state index is 12.5. The molecule has 3 rings (SSSR count). The van der Waals surface area contributed by atoms with Gasteiger partial charge in [0.25, 0.3) is 0 Å². The van der Waals surface area contributed by atoms with Crippen LogP contribution in [-0.2, 0) is 18.3 Å². The molecule has 23 heavy (non-hydrogen) atoms. The largest absolute Gasteiger partial charge is 0.481 e. The van der Waals surface area contributed by atoms with Crippen LogP contribution in [0, 0.1) is 0 Å². The number of carbonyl (C=O) groups is 1. The second-order valence-corrected chi connectivity index (χ2v) is 5.61. The number of carboxylic acids is 1. The topological polar surface area (TPSA) is 98.0 Å². The van der Waals surface area contributed by atoms with Crippen LogP contribution in [0.2, 0.25) is 5.02 Å². The molecule has 3 aromatic rings. The molecule has 0 amide bonds. The highest BCUT2D eigenvalue weighted by Gasteiger charge is 2.13. The summed E-state index contributed by atoms with van der Waals surface area (Å²) in [7, 11) is 1.68. The summed E-state index contributed by atoms with van der Waals surface area (Å²) in [6.45, 7) is 0. The quantitative estimate of drug-likeness (QED) is 0.733. The molecule has 0 saturated heterocycles. The number of halogens is 1. The fraction of sp³-hybridized carbons (Fsp3) is 0.267. The molecule has 1 aromatic carbocycles. The lowest BCUT2D eigenvalue weighted by Crippen LogP contribution is -2.20. The van der Waals surface area contributed by atoms with Gasteiger partial charge in [-0.1, -0.05) is 11.6 Å². The van der Waals surface area contributed by atoms with Crippen molar-refractivity contribution >= 4 is 39.8 Å². The minimum absolute atomic E-state index is 0.0120. The first-order chi connectivity index (χ1) is 11.0. The zero-order chi connectivity index (χ0) is 16.6. The molecule has 0 aliphatic rings. The van der Waals surface area contributed by atoms with Gasteiger partial charge in [0, 0.05) is 18.5 Å². The van der Waals surface area contributed by atoms with Crippen molar-refractivity contribution in [3.05, 3.63) is 39.1 Å². The Kier molecular flexibility index (Phi) is 3.96. The van der Waals surface area contributed by atoms with Gasteiger partial charge in [0.05, 0.1) is 11.0 Å². The number of hydrogen-bond acceptors (Lipinski definition) is 5. The summed E-state index contributed by atoms with van der Waals surface area (Å²) in [6, 6.07) is 5.08. The van der Waals surface area contributed by atoms with Gasteiger partial charge in [-0.25, -0.2) is 14.6 Å².